The standard InChI is InChI=1S/C16H24N4O3/c1-19(2)16-17-13(9-14(21)18-16)11-5-6-20(10-11)15(22)8-12-4-3-7-23-12/h9,11-12H,3-8,10H2,1-2H3,(H,17,18,21). The van der Waals surface area contributed by atoms with E-state index < -0.39 is 0 Å². The van der Waals surface area contributed by atoms with Crippen LogP contribution in [0.1, 0.15) is 37.3 Å². The van der Waals surface area contributed by atoms with Gasteiger partial charge in [-0.15, -0.1) is 0 Å². The molecule has 1 aromatic rings. The van der Waals surface area contributed by atoms with E-state index in [0.29, 0.717) is 18.9 Å². The van der Waals surface area contributed by atoms with Gasteiger partial charge in [0, 0.05) is 45.8 Å². The fraction of sp³-hybridized carbons (Fsp3) is 0.688. The van der Waals surface area contributed by atoms with Gasteiger partial charge >= 0.3 is 0 Å². The summed E-state index contributed by atoms with van der Waals surface area (Å²) in [7, 11) is 3.68. The maximum Gasteiger partial charge on any atom is 0.252 e. The molecule has 2 unspecified atom stereocenters. The van der Waals surface area contributed by atoms with Crippen LogP contribution in [0.3, 0.4) is 0 Å². The van der Waals surface area contributed by atoms with Gasteiger partial charge in [0.1, 0.15) is 0 Å². The lowest BCUT2D eigenvalue weighted by molar-refractivity contribution is -0.132. The smallest absolute Gasteiger partial charge is 0.252 e. The maximum atomic E-state index is 12.4. The van der Waals surface area contributed by atoms with Crippen LogP contribution in [0, 0.1) is 0 Å². The molecule has 0 spiro atoms. The molecule has 2 aliphatic heterocycles. The molecule has 7 nitrogen and oxygen atoms in total. The Kier molecular flexibility index (Phi) is 4.66. The zero-order valence-corrected chi connectivity index (χ0v) is 13.7. The van der Waals surface area contributed by atoms with Crippen LogP contribution in [0.2, 0.25) is 0 Å². The van der Waals surface area contributed by atoms with Crippen molar-refractivity contribution in [3.8, 4) is 0 Å². The molecule has 0 bridgehead atoms. The van der Waals surface area contributed by atoms with Gasteiger partial charge in [-0.25, -0.2) is 4.98 Å². The average molecular weight is 320 g/mol. The number of ether oxygens (including phenoxy) is 1. The molecule has 2 atom stereocenters. The number of aromatic nitrogens is 2. The Balaban J connectivity index is 1.65. The molecule has 0 radical (unpaired) electrons. The zero-order chi connectivity index (χ0) is 16.4. The summed E-state index contributed by atoms with van der Waals surface area (Å²) in [4.78, 5) is 35.1. The highest BCUT2D eigenvalue weighted by molar-refractivity contribution is 5.77. The SMILES string of the molecule is CN(C)c1nc(C2CCN(C(=O)CC3CCCO3)C2)cc(=O)[nH]1. The van der Waals surface area contributed by atoms with Crippen LogP contribution in [0.4, 0.5) is 5.95 Å². The zero-order valence-electron chi connectivity index (χ0n) is 13.7. The molecular weight excluding hydrogens is 296 g/mol. The molecule has 1 N–H and O–H groups in total. The number of rotatable bonds is 4. The van der Waals surface area contributed by atoms with Crippen molar-refractivity contribution >= 4 is 11.9 Å². The predicted octanol–water partition coefficient (Wildman–Crippen LogP) is 0.721. The topological polar surface area (TPSA) is 78.5 Å². The molecule has 0 aromatic carbocycles. The monoisotopic (exact) mass is 320 g/mol. The van der Waals surface area contributed by atoms with Crippen molar-refractivity contribution in [2.24, 2.45) is 0 Å². The Labute approximate surface area is 135 Å². The molecule has 0 aliphatic carbocycles. The Bertz CT molecular complexity index is 622. The van der Waals surface area contributed by atoms with Gasteiger partial charge in [-0.05, 0) is 19.3 Å². The van der Waals surface area contributed by atoms with Gasteiger partial charge < -0.3 is 14.5 Å². The summed E-state index contributed by atoms with van der Waals surface area (Å²) in [5.74, 6) is 0.832. The third-order valence-corrected chi connectivity index (χ3v) is 4.56. The fourth-order valence-corrected chi connectivity index (χ4v) is 3.24. The van der Waals surface area contributed by atoms with Crippen molar-refractivity contribution in [1.29, 1.82) is 0 Å². The van der Waals surface area contributed by atoms with Crippen LogP contribution < -0.4 is 10.5 Å². The van der Waals surface area contributed by atoms with Gasteiger partial charge in [0.2, 0.25) is 11.9 Å². The van der Waals surface area contributed by atoms with Crippen molar-refractivity contribution in [2.75, 3.05) is 38.7 Å². The number of likely N-dealkylation sites (tertiary alicyclic amines) is 1. The summed E-state index contributed by atoms with van der Waals surface area (Å²) < 4.78 is 5.54. The molecule has 0 saturated carbocycles. The van der Waals surface area contributed by atoms with Gasteiger partial charge in [-0.2, -0.15) is 0 Å². The van der Waals surface area contributed by atoms with E-state index >= 15 is 0 Å². The minimum absolute atomic E-state index is 0.0830. The molecule has 126 valence electrons. The van der Waals surface area contributed by atoms with Crippen LogP contribution in [0.15, 0.2) is 10.9 Å². The van der Waals surface area contributed by atoms with Gasteiger partial charge in [-0.3, -0.25) is 14.6 Å². The lowest BCUT2D eigenvalue weighted by Crippen LogP contribution is -2.31. The van der Waals surface area contributed by atoms with E-state index in [4.69, 9.17) is 4.74 Å². The quantitative estimate of drug-likeness (QED) is 0.884. The number of hydrogen-bond acceptors (Lipinski definition) is 5. The first-order valence-electron chi connectivity index (χ1n) is 8.21. The van der Waals surface area contributed by atoms with E-state index in [0.717, 1.165) is 38.1 Å². The fourth-order valence-electron chi connectivity index (χ4n) is 3.24. The number of anilines is 1. The third-order valence-electron chi connectivity index (χ3n) is 4.56. The van der Waals surface area contributed by atoms with Crippen molar-refractivity contribution in [3.63, 3.8) is 0 Å². The normalized spacial score (nSPS) is 24.2. The Hall–Kier alpha value is -1.89. The summed E-state index contributed by atoms with van der Waals surface area (Å²) in [6, 6.07) is 1.55. The Morgan fingerprint density at radius 1 is 1.48 bits per heavy atom. The van der Waals surface area contributed by atoms with Crippen molar-refractivity contribution < 1.29 is 9.53 Å². The summed E-state index contributed by atoms with van der Waals surface area (Å²) in [6.45, 7) is 2.13. The highest BCUT2D eigenvalue weighted by Crippen LogP contribution is 2.27. The number of nitrogens with zero attached hydrogens (tertiary/aromatic N) is 3. The Morgan fingerprint density at radius 3 is 3.00 bits per heavy atom. The maximum absolute atomic E-state index is 12.4. The third kappa shape index (κ3) is 3.72. The van der Waals surface area contributed by atoms with Crippen LogP contribution in [0.25, 0.3) is 0 Å². The molecule has 2 fully saturated rings. The number of H-pyrrole nitrogens is 1. The van der Waals surface area contributed by atoms with E-state index in [1.165, 1.54) is 0 Å². The molecule has 3 rings (SSSR count). The van der Waals surface area contributed by atoms with E-state index in [2.05, 4.69) is 9.97 Å². The first kappa shape index (κ1) is 16.0. The first-order chi connectivity index (χ1) is 11.0. The van der Waals surface area contributed by atoms with Crippen LogP contribution >= 0.6 is 0 Å². The summed E-state index contributed by atoms with van der Waals surface area (Å²) >= 11 is 0. The van der Waals surface area contributed by atoms with Crippen LogP contribution in [-0.2, 0) is 9.53 Å². The van der Waals surface area contributed by atoms with Crippen LogP contribution in [-0.4, -0.2) is 60.7 Å². The molecule has 23 heavy (non-hydrogen) atoms. The molecular formula is C16H24N4O3. The summed E-state index contributed by atoms with van der Waals surface area (Å²) in [5.41, 5.74) is 0.618. The summed E-state index contributed by atoms with van der Waals surface area (Å²) in [6.07, 6.45) is 3.42. The minimum atomic E-state index is -0.150. The number of amides is 1. The lowest BCUT2D eigenvalue weighted by atomic mass is 10.0. The average Bonchev–Trinajstić information content (AvgIpc) is 3.17. The first-order valence-corrected chi connectivity index (χ1v) is 8.21. The second-order valence-corrected chi connectivity index (χ2v) is 6.55. The number of hydrogen-bond donors (Lipinski definition) is 1. The predicted molar refractivity (Wildman–Crippen MR) is 86.7 cm³/mol. The Morgan fingerprint density at radius 2 is 2.30 bits per heavy atom. The molecule has 2 aliphatic rings. The minimum Gasteiger partial charge on any atom is -0.378 e. The largest absolute Gasteiger partial charge is 0.378 e. The van der Waals surface area contributed by atoms with Gasteiger partial charge in [0.25, 0.3) is 5.56 Å². The van der Waals surface area contributed by atoms with Gasteiger partial charge in [0.15, 0.2) is 0 Å². The van der Waals surface area contributed by atoms with Crippen molar-refractivity contribution in [3.05, 3.63) is 22.1 Å². The van der Waals surface area contributed by atoms with E-state index in [9.17, 15) is 9.59 Å². The van der Waals surface area contributed by atoms with Crippen LogP contribution in [0.5, 0.6) is 0 Å². The van der Waals surface area contributed by atoms with Crippen molar-refractivity contribution in [1.82, 2.24) is 14.9 Å². The highest BCUT2D eigenvalue weighted by Gasteiger charge is 2.30. The van der Waals surface area contributed by atoms with Gasteiger partial charge in [0.05, 0.1) is 18.2 Å². The van der Waals surface area contributed by atoms with Gasteiger partial charge in [-0.1, -0.05) is 0 Å². The number of carbonyl (C=O) groups is 1. The van der Waals surface area contributed by atoms with Crippen molar-refractivity contribution in [2.45, 2.75) is 37.7 Å². The highest BCUT2D eigenvalue weighted by atomic mass is 16.5. The molecule has 3 heterocycles. The van der Waals surface area contributed by atoms with E-state index in [1.54, 1.807) is 11.0 Å². The second-order valence-electron chi connectivity index (χ2n) is 6.55. The van der Waals surface area contributed by atoms with E-state index in [1.807, 2.05) is 19.0 Å². The number of nitrogens with one attached hydrogen (secondary N) is 1. The van der Waals surface area contributed by atoms with E-state index in [-0.39, 0.29) is 23.5 Å². The molecule has 2 saturated heterocycles. The summed E-state index contributed by atoms with van der Waals surface area (Å²) in [5, 5.41) is 0. The number of aromatic amines is 1. The molecule has 7 heteroatoms. The molecule has 1 amide bonds. The second kappa shape index (κ2) is 6.70. The number of carbonyl (C=O) groups excluding carboxylic acids is 1. The lowest BCUT2D eigenvalue weighted by Gasteiger charge is -2.19. The molecule has 1 aromatic heterocycles.